The number of halogens is 1. The molecule has 10 nitrogen and oxygen atoms in total. The van der Waals surface area contributed by atoms with Crippen LogP contribution in [0.15, 0.2) is 73.2 Å². The predicted octanol–water partition coefficient (Wildman–Crippen LogP) is 6.93. The first kappa shape index (κ1) is 30.7. The van der Waals surface area contributed by atoms with E-state index in [2.05, 4.69) is 35.2 Å². The molecule has 0 unspecified atom stereocenters. The van der Waals surface area contributed by atoms with Crippen molar-refractivity contribution in [1.29, 1.82) is 0 Å². The minimum absolute atomic E-state index is 0.0234. The second-order valence-corrected chi connectivity index (χ2v) is 14.1. The molecule has 2 aromatic carbocycles. The van der Waals surface area contributed by atoms with E-state index in [1.54, 1.807) is 30.7 Å². The molecule has 0 radical (unpaired) electrons. The predicted molar refractivity (Wildman–Crippen MR) is 181 cm³/mol. The van der Waals surface area contributed by atoms with Crippen LogP contribution in [0, 0.1) is 11.7 Å². The molecule has 12 heteroatoms. The van der Waals surface area contributed by atoms with Crippen LogP contribution in [0.25, 0.3) is 55.6 Å². The van der Waals surface area contributed by atoms with E-state index < -0.39 is 15.8 Å². The Bertz CT molecular complexity index is 2220. The Labute approximate surface area is 271 Å². The van der Waals surface area contributed by atoms with Crippen molar-refractivity contribution >= 4 is 43.6 Å². The van der Waals surface area contributed by atoms with Crippen LogP contribution < -0.4 is 10.0 Å². The largest absolute Gasteiger partial charge is 0.338 e. The van der Waals surface area contributed by atoms with Gasteiger partial charge in [0.2, 0.25) is 15.9 Å². The number of nitrogens with zero attached hydrogens (tertiary/aromatic N) is 3. The fraction of sp³-hybridized carbons (Fsp3) is 0.257. The van der Waals surface area contributed by atoms with Gasteiger partial charge in [-0.1, -0.05) is 25.3 Å². The molecule has 1 amide bonds. The third-order valence-corrected chi connectivity index (χ3v) is 9.38. The lowest BCUT2D eigenvalue weighted by Gasteiger charge is -2.20. The number of pyridine rings is 2. The highest BCUT2D eigenvalue weighted by Gasteiger charge is 2.18. The summed E-state index contributed by atoms with van der Waals surface area (Å²) in [4.78, 5) is 25.0. The molecule has 1 saturated carbocycles. The zero-order valence-electron chi connectivity index (χ0n) is 25.8. The van der Waals surface area contributed by atoms with Gasteiger partial charge in [0.05, 0.1) is 29.4 Å². The number of carbonyl (C=O) groups excluding carboxylic acids is 1. The molecule has 1 aliphatic rings. The van der Waals surface area contributed by atoms with Crippen molar-refractivity contribution in [2.45, 2.75) is 45.1 Å². The Morgan fingerprint density at radius 3 is 2.64 bits per heavy atom. The number of H-pyrrole nitrogens is 2. The molecule has 6 aromatic rings. The van der Waals surface area contributed by atoms with Gasteiger partial charge in [-0.05, 0) is 89.5 Å². The molecule has 4 N–H and O–H groups in total. The van der Waals surface area contributed by atoms with E-state index in [1.807, 2.05) is 30.3 Å². The average Bonchev–Trinajstić information content (AvgIpc) is 3.68. The molecule has 47 heavy (non-hydrogen) atoms. The third kappa shape index (κ3) is 6.93. The van der Waals surface area contributed by atoms with E-state index in [9.17, 15) is 17.6 Å². The number of amides is 1. The van der Waals surface area contributed by atoms with Crippen LogP contribution in [-0.2, 0) is 21.4 Å². The van der Waals surface area contributed by atoms with Gasteiger partial charge in [-0.3, -0.25) is 14.9 Å². The van der Waals surface area contributed by atoms with E-state index in [0.717, 1.165) is 57.8 Å². The third-order valence-electron chi connectivity index (χ3n) is 8.71. The van der Waals surface area contributed by atoms with Gasteiger partial charge < -0.3 is 10.3 Å². The number of fused-ring (bicyclic) bond motifs is 2. The Hall–Kier alpha value is -4.94. The number of rotatable bonds is 9. The van der Waals surface area contributed by atoms with Crippen LogP contribution in [0.3, 0.4) is 0 Å². The molecule has 4 aromatic heterocycles. The number of sulfonamides is 1. The molecule has 0 spiro atoms. The number of hydrogen-bond acceptors (Lipinski definition) is 6. The minimum Gasteiger partial charge on any atom is -0.338 e. The smallest absolute Gasteiger partial charge is 0.224 e. The highest BCUT2D eigenvalue weighted by Crippen LogP contribution is 2.35. The first-order chi connectivity index (χ1) is 22.7. The van der Waals surface area contributed by atoms with Gasteiger partial charge in [0, 0.05) is 41.7 Å². The first-order valence-corrected chi connectivity index (χ1v) is 17.5. The summed E-state index contributed by atoms with van der Waals surface area (Å²) in [5.74, 6) is 0.00485. The lowest BCUT2D eigenvalue weighted by Crippen LogP contribution is -2.21. The number of nitrogens with one attached hydrogen (secondary N) is 4. The number of aromatic amines is 2. The fourth-order valence-corrected chi connectivity index (χ4v) is 6.89. The van der Waals surface area contributed by atoms with Gasteiger partial charge in [-0.2, -0.15) is 5.10 Å². The molecule has 0 bridgehead atoms. The summed E-state index contributed by atoms with van der Waals surface area (Å²) in [5, 5.41) is 12.4. The lowest BCUT2D eigenvalue weighted by molar-refractivity contribution is -0.117. The van der Waals surface area contributed by atoms with Gasteiger partial charge in [0.25, 0.3) is 0 Å². The lowest BCUT2D eigenvalue weighted by atomic mass is 9.87. The number of hydrogen-bond donors (Lipinski definition) is 4. The van der Waals surface area contributed by atoms with Crippen LogP contribution in [0.4, 0.5) is 10.1 Å². The highest BCUT2D eigenvalue weighted by molar-refractivity contribution is 7.88. The van der Waals surface area contributed by atoms with Crippen LogP contribution in [0.2, 0.25) is 0 Å². The van der Waals surface area contributed by atoms with Crippen LogP contribution >= 0.6 is 0 Å². The summed E-state index contributed by atoms with van der Waals surface area (Å²) in [6, 6.07) is 16.1. The highest BCUT2D eigenvalue weighted by atomic mass is 32.2. The Morgan fingerprint density at radius 1 is 0.957 bits per heavy atom. The van der Waals surface area contributed by atoms with Crippen molar-refractivity contribution in [2.24, 2.45) is 5.92 Å². The SMILES string of the molecule is CS(=O)(=O)NCc1cc(F)cc(-c2ccnc3[nH]c(-c4n[nH]c5ccc(-c6cncc(NC(=O)CC7CCCCC7)c6)cc45)cc23)c1. The Balaban J connectivity index is 1.18. The van der Waals surface area contributed by atoms with E-state index in [-0.39, 0.29) is 12.5 Å². The number of carbonyl (C=O) groups is 1. The summed E-state index contributed by atoms with van der Waals surface area (Å²) in [7, 11) is -3.44. The molecule has 0 saturated heterocycles. The van der Waals surface area contributed by atoms with Crippen LogP contribution in [0.5, 0.6) is 0 Å². The van der Waals surface area contributed by atoms with E-state index in [1.165, 1.54) is 31.4 Å². The average molecular weight is 652 g/mol. The molecule has 1 fully saturated rings. The fourth-order valence-electron chi connectivity index (χ4n) is 6.46. The Kier molecular flexibility index (Phi) is 8.29. The van der Waals surface area contributed by atoms with E-state index >= 15 is 0 Å². The van der Waals surface area contributed by atoms with Gasteiger partial charge in [0.15, 0.2) is 0 Å². The van der Waals surface area contributed by atoms with Gasteiger partial charge in [-0.25, -0.2) is 22.5 Å². The van der Waals surface area contributed by atoms with Gasteiger partial charge in [0.1, 0.15) is 17.2 Å². The quantitative estimate of drug-likeness (QED) is 0.133. The summed E-state index contributed by atoms with van der Waals surface area (Å²) in [5.41, 5.74) is 7.14. The zero-order chi connectivity index (χ0) is 32.5. The van der Waals surface area contributed by atoms with Crippen molar-refractivity contribution in [3.05, 3.63) is 84.6 Å². The maximum absolute atomic E-state index is 14.7. The molecular weight excluding hydrogens is 617 g/mol. The van der Waals surface area contributed by atoms with Crippen LogP contribution in [0.1, 0.15) is 44.1 Å². The standard InChI is InChI=1S/C35H34FN7O3S/c1-47(45,46)39-18-22-11-24(14-26(36)12-22)28-9-10-38-35-29(28)17-32(41-35)34-30-16-23(7-8-31(30)42-43-34)25-15-27(20-37-19-25)40-33(44)13-21-5-3-2-4-6-21/h7-12,14-17,19-21,39H,2-6,13,18H2,1H3,(H,38,41)(H,40,44)(H,42,43). The maximum atomic E-state index is 14.7. The van der Waals surface area contributed by atoms with Gasteiger partial charge >= 0.3 is 0 Å². The number of anilines is 1. The van der Waals surface area contributed by atoms with Crippen molar-refractivity contribution in [3.63, 3.8) is 0 Å². The van der Waals surface area contributed by atoms with Crippen molar-refractivity contribution < 1.29 is 17.6 Å². The molecule has 7 rings (SSSR count). The monoisotopic (exact) mass is 651 g/mol. The van der Waals surface area contributed by atoms with E-state index in [4.69, 9.17) is 0 Å². The normalized spacial score (nSPS) is 14.2. The topological polar surface area (TPSA) is 146 Å². The van der Waals surface area contributed by atoms with Crippen LogP contribution in [-0.4, -0.2) is 45.7 Å². The Morgan fingerprint density at radius 2 is 1.81 bits per heavy atom. The summed E-state index contributed by atoms with van der Waals surface area (Å²) in [6.45, 7) is -0.0247. The van der Waals surface area contributed by atoms with Crippen molar-refractivity contribution in [1.82, 2.24) is 29.9 Å². The number of benzene rings is 2. The summed E-state index contributed by atoms with van der Waals surface area (Å²) in [6.07, 6.45) is 12.6. The number of aromatic nitrogens is 5. The zero-order valence-corrected chi connectivity index (χ0v) is 26.6. The first-order valence-electron chi connectivity index (χ1n) is 15.6. The van der Waals surface area contributed by atoms with Crippen molar-refractivity contribution in [3.8, 4) is 33.6 Å². The minimum atomic E-state index is -3.44. The molecule has 4 heterocycles. The summed E-state index contributed by atoms with van der Waals surface area (Å²) >= 11 is 0. The molecule has 0 aliphatic heterocycles. The molecule has 1 aliphatic carbocycles. The maximum Gasteiger partial charge on any atom is 0.224 e. The second-order valence-electron chi connectivity index (χ2n) is 12.3. The molecular formula is C35H34FN7O3S. The molecule has 0 atom stereocenters. The second kappa shape index (κ2) is 12.7. The summed E-state index contributed by atoms with van der Waals surface area (Å²) < 4.78 is 40.3. The van der Waals surface area contributed by atoms with E-state index in [0.29, 0.717) is 40.5 Å². The molecule has 240 valence electrons. The van der Waals surface area contributed by atoms with Gasteiger partial charge in [-0.15, -0.1) is 0 Å². The van der Waals surface area contributed by atoms with Crippen molar-refractivity contribution in [2.75, 3.05) is 11.6 Å².